The molecule has 0 amide bonds. The van der Waals surface area contributed by atoms with Gasteiger partial charge in [0, 0.05) is 12.8 Å². The van der Waals surface area contributed by atoms with Crippen LogP contribution in [0.25, 0.3) is 0 Å². The first-order valence-corrected chi connectivity index (χ1v) is 5.74. The predicted molar refractivity (Wildman–Crippen MR) is 51.0 cm³/mol. The number of hydrogen-bond donors (Lipinski definition) is 0. The van der Waals surface area contributed by atoms with Gasteiger partial charge in [-0.05, 0) is 19.3 Å². The van der Waals surface area contributed by atoms with Gasteiger partial charge in [0.15, 0.2) is 5.79 Å². The van der Waals surface area contributed by atoms with E-state index in [-0.39, 0.29) is 11.4 Å². The molecular formula is C11H18O3. The van der Waals surface area contributed by atoms with E-state index in [1.807, 2.05) is 0 Å². The zero-order valence-corrected chi connectivity index (χ0v) is 8.75. The maximum Gasteiger partial charge on any atom is 0.168 e. The minimum Gasteiger partial charge on any atom is -0.366 e. The molecule has 1 aliphatic carbocycles. The summed E-state index contributed by atoms with van der Waals surface area (Å²) in [5, 5.41) is 0. The fourth-order valence-electron chi connectivity index (χ4n) is 2.98. The van der Waals surface area contributed by atoms with Gasteiger partial charge < -0.3 is 14.2 Å². The second kappa shape index (κ2) is 2.94. The van der Waals surface area contributed by atoms with E-state index in [4.69, 9.17) is 14.2 Å². The van der Waals surface area contributed by atoms with Gasteiger partial charge in [-0.15, -0.1) is 0 Å². The zero-order chi connectivity index (χ0) is 9.65. The van der Waals surface area contributed by atoms with Crippen LogP contribution in [-0.2, 0) is 14.2 Å². The van der Waals surface area contributed by atoms with E-state index in [1.54, 1.807) is 0 Å². The van der Waals surface area contributed by atoms with Crippen molar-refractivity contribution in [3.05, 3.63) is 0 Å². The lowest BCUT2D eigenvalue weighted by atomic mass is 9.82. The highest BCUT2D eigenvalue weighted by Crippen LogP contribution is 2.53. The summed E-state index contributed by atoms with van der Waals surface area (Å²) in [5.41, 5.74) is 0.218. The molecule has 2 saturated heterocycles. The molecule has 1 atom stereocenters. The van der Waals surface area contributed by atoms with Crippen LogP contribution in [0.2, 0.25) is 0 Å². The van der Waals surface area contributed by atoms with Crippen molar-refractivity contribution in [3.63, 3.8) is 0 Å². The second-order valence-electron chi connectivity index (χ2n) is 4.69. The molecule has 0 aromatic rings. The average Bonchev–Trinajstić information content (AvgIpc) is 2.72. The summed E-state index contributed by atoms with van der Waals surface area (Å²) in [6, 6.07) is 0. The maximum absolute atomic E-state index is 5.79. The van der Waals surface area contributed by atoms with Crippen LogP contribution >= 0.6 is 0 Å². The highest BCUT2D eigenvalue weighted by atomic mass is 16.7. The molecule has 3 nitrogen and oxygen atoms in total. The monoisotopic (exact) mass is 198 g/mol. The fourth-order valence-corrected chi connectivity index (χ4v) is 2.98. The van der Waals surface area contributed by atoms with Gasteiger partial charge in [0.2, 0.25) is 0 Å². The summed E-state index contributed by atoms with van der Waals surface area (Å²) >= 11 is 0. The first kappa shape index (κ1) is 9.13. The van der Waals surface area contributed by atoms with Crippen molar-refractivity contribution in [1.29, 1.82) is 0 Å². The van der Waals surface area contributed by atoms with Crippen LogP contribution in [-0.4, -0.2) is 30.7 Å². The number of hydrogen-bond acceptors (Lipinski definition) is 3. The van der Waals surface area contributed by atoms with Gasteiger partial charge in [0.25, 0.3) is 0 Å². The van der Waals surface area contributed by atoms with Gasteiger partial charge in [-0.2, -0.15) is 0 Å². The minimum atomic E-state index is -0.227. The summed E-state index contributed by atoms with van der Waals surface area (Å²) in [6.07, 6.45) is 5.93. The van der Waals surface area contributed by atoms with Crippen molar-refractivity contribution >= 4 is 0 Å². The van der Waals surface area contributed by atoms with Crippen molar-refractivity contribution in [2.45, 2.75) is 56.5 Å². The lowest BCUT2D eigenvalue weighted by molar-refractivity contribution is -0.184. The largest absolute Gasteiger partial charge is 0.366 e. The molecule has 3 fully saturated rings. The third kappa shape index (κ3) is 1.23. The topological polar surface area (TPSA) is 31.0 Å². The van der Waals surface area contributed by atoms with Crippen molar-refractivity contribution in [3.8, 4) is 0 Å². The fraction of sp³-hybridized carbons (Fsp3) is 1.00. The van der Waals surface area contributed by atoms with E-state index in [0.29, 0.717) is 6.10 Å². The van der Waals surface area contributed by atoms with E-state index in [2.05, 4.69) is 6.92 Å². The summed E-state index contributed by atoms with van der Waals surface area (Å²) in [7, 11) is 0. The first-order valence-electron chi connectivity index (χ1n) is 5.74. The second-order valence-corrected chi connectivity index (χ2v) is 4.69. The van der Waals surface area contributed by atoms with Crippen LogP contribution in [0, 0.1) is 0 Å². The molecule has 3 aliphatic rings. The Labute approximate surface area is 84.7 Å². The molecule has 2 aliphatic heterocycles. The minimum absolute atomic E-state index is 0.218. The van der Waals surface area contributed by atoms with Crippen molar-refractivity contribution in [2.75, 3.05) is 13.2 Å². The Bertz CT molecular complexity index is 223. The summed E-state index contributed by atoms with van der Waals surface area (Å²) < 4.78 is 17.2. The van der Waals surface area contributed by atoms with Gasteiger partial charge in [0.1, 0.15) is 0 Å². The molecule has 0 radical (unpaired) electrons. The molecule has 14 heavy (non-hydrogen) atoms. The molecule has 2 spiro atoms. The molecule has 0 aromatic carbocycles. The molecule has 0 bridgehead atoms. The Hall–Kier alpha value is -0.120. The lowest BCUT2D eigenvalue weighted by Crippen LogP contribution is -2.38. The van der Waals surface area contributed by atoms with E-state index in [9.17, 15) is 0 Å². The molecule has 3 rings (SSSR count). The summed E-state index contributed by atoms with van der Waals surface area (Å²) in [6.45, 7) is 3.74. The van der Waals surface area contributed by atoms with E-state index in [1.165, 1.54) is 0 Å². The third-order valence-electron chi connectivity index (χ3n) is 3.95. The Morgan fingerprint density at radius 2 is 1.71 bits per heavy atom. The van der Waals surface area contributed by atoms with Crippen LogP contribution in [0.5, 0.6) is 0 Å². The van der Waals surface area contributed by atoms with Crippen molar-refractivity contribution < 1.29 is 14.2 Å². The van der Waals surface area contributed by atoms with Crippen molar-refractivity contribution in [1.82, 2.24) is 0 Å². The Balaban J connectivity index is 1.63. The van der Waals surface area contributed by atoms with Crippen molar-refractivity contribution in [2.24, 2.45) is 0 Å². The zero-order valence-electron chi connectivity index (χ0n) is 8.75. The predicted octanol–water partition coefficient (Wildman–Crippen LogP) is 1.85. The number of rotatable bonds is 1. The smallest absolute Gasteiger partial charge is 0.168 e. The highest BCUT2D eigenvalue weighted by molar-refractivity contribution is 5.06. The summed E-state index contributed by atoms with van der Waals surface area (Å²) in [5.74, 6) is -0.227. The van der Waals surface area contributed by atoms with Crippen LogP contribution in [0.3, 0.4) is 0 Å². The highest BCUT2D eigenvalue weighted by Gasteiger charge is 2.59. The maximum atomic E-state index is 5.79. The van der Waals surface area contributed by atoms with Crippen LogP contribution < -0.4 is 0 Å². The Kier molecular flexibility index (Phi) is 1.92. The van der Waals surface area contributed by atoms with Crippen LogP contribution in [0.4, 0.5) is 0 Å². The number of epoxide rings is 1. The molecule has 1 unspecified atom stereocenters. The first-order chi connectivity index (χ1) is 6.79. The quantitative estimate of drug-likeness (QED) is 0.602. The molecule has 0 aromatic heterocycles. The van der Waals surface area contributed by atoms with E-state index < -0.39 is 0 Å². The Morgan fingerprint density at radius 1 is 1.07 bits per heavy atom. The molecular weight excluding hydrogens is 180 g/mol. The van der Waals surface area contributed by atoms with Gasteiger partial charge in [-0.3, -0.25) is 0 Å². The van der Waals surface area contributed by atoms with Gasteiger partial charge in [0.05, 0.1) is 24.9 Å². The van der Waals surface area contributed by atoms with E-state index in [0.717, 1.165) is 45.3 Å². The standard InChI is InChI=1S/C11H18O3/c1-2-9-10(14-9)3-5-11(6-4-10)12-7-8-13-11/h9H,2-8H2,1H3. The molecule has 3 heteroatoms. The number of ether oxygens (including phenoxy) is 3. The summed E-state index contributed by atoms with van der Waals surface area (Å²) in [4.78, 5) is 0. The Morgan fingerprint density at radius 3 is 2.21 bits per heavy atom. The van der Waals surface area contributed by atoms with Crippen LogP contribution in [0.15, 0.2) is 0 Å². The third-order valence-corrected chi connectivity index (χ3v) is 3.95. The van der Waals surface area contributed by atoms with E-state index >= 15 is 0 Å². The van der Waals surface area contributed by atoms with Gasteiger partial charge in [-0.1, -0.05) is 6.92 Å². The van der Waals surface area contributed by atoms with Gasteiger partial charge in [-0.25, -0.2) is 0 Å². The normalized spacial score (nSPS) is 37.9. The molecule has 2 heterocycles. The molecule has 80 valence electrons. The average molecular weight is 198 g/mol. The SMILES string of the molecule is CCC1OC12CCC1(CC2)OCCO1. The lowest BCUT2D eigenvalue weighted by Gasteiger charge is -2.34. The molecule has 0 N–H and O–H groups in total. The molecule has 1 saturated carbocycles. The van der Waals surface area contributed by atoms with Gasteiger partial charge >= 0.3 is 0 Å². The van der Waals surface area contributed by atoms with Crippen LogP contribution in [0.1, 0.15) is 39.0 Å².